The number of hydrogen-bond donors (Lipinski definition) is 0. The molecule has 0 atom stereocenters. The average Bonchev–Trinajstić information content (AvgIpc) is 2.57. The number of esters is 1. The molecule has 2 rings (SSSR count). The van der Waals surface area contributed by atoms with Crippen LogP contribution >= 0.6 is 11.8 Å². The predicted molar refractivity (Wildman–Crippen MR) is 86.9 cm³/mol. The van der Waals surface area contributed by atoms with E-state index in [9.17, 15) is 10.1 Å². The van der Waals surface area contributed by atoms with Gasteiger partial charge in [0, 0.05) is 11.5 Å². The van der Waals surface area contributed by atoms with Crippen LogP contribution in [0.2, 0.25) is 0 Å². The summed E-state index contributed by atoms with van der Waals surface area (Å²) < 4.78 is 15.4. The van der Waals surface area contributed by atoms with Crippen molar-refractivity contribution in [3.8, 4) is 17.6 Å². The van der Waals surface area contributed by atoms with E-state index >= 15 is 0 Å². The zero-order chi connectivity index (χ0) is 16.8. The van der Waals surface area contributed by atoms with Gasteiger partial charge >= 0.3 is 5.97 Å². The Labute approximate surface area is 138 Å². The summed E-state index contributed by atoms with van der Waals surface area (Å²) in [5.41, 5.74) is 1.06. The maximum absolute atomic E-state index is 11.5. The van der Waals surface area contributed by atoms with E-state index in [1.54, 1.807) is 39.3 Å². The SMILES string of the molecule is CCOC(=O)CSc1nc2cc(OC)c(OC)cc2cc1C#N. The highest BCUT2D eigenvalue weighted by molar-refractivity contribution is 7.99. The van der Waals surface area contributed by atoms with Crippen LogP contribution in [-0.4, -0.2) is 37.5 Å². The Morgan fingerprint density at radius 2 is 1.96 bits per heavy atom. The maximum Gasteiger partial charge on any atom is 0.316 e. The molecule has 0 fully saturated rings. The van der Waals surface area contributed by atoms with Gasteiger partial charge in [0.1, 0.15) is 11.1 Å². The molecule has 1 aromatic heterocycles. The van der Waals surface area contributed by atoms with Crippen molar-refractivity contribution in [2.75, 3.05) is 26.6 Å². The molecule has 1 heterocycles. The fraction of sp³-hybridized carbons (Fsp3) is 0.312. The quantitative estimate of drug-likeness (QED) is 0.594. The number of fused-ring (bicyclic) bond motifs is 1. The van der Waals surface area contributed by atoms with E-state index in [1.807, 2.05) is 0 Å². The molecule has 0 N–H and O–H groups in total. The molecule has 0 amide bonds. The molecule has 0 bridgehead atoms. The Balaban J connectivity index is 2.41. The Morgan fingerprint density at radius 3 is 2.57 bits per heavy atom. The highest BCUT2D eigenvalue weighted by atomic mass is 32.2. The third-order valence-corrected chi connectivity index (χ3v) is 4.00. The number of pyridine rings is 1. The Kier molecular flexibility index (Phi) is 5.66. The van der Waals surface area contributed by atoms with E-state index in [-0.39, 0.29) is 11.7 Å². The van der Waals surface area contributed by atoms with Gasteiger partial charge in [-0.25, -0.2) is 4.98 Å². The first-order chi connectivity index (χ1) is 11.1. The van der Waals surface area contributed by atoms with Crippen molar-refractivity contribution in [2.45, 2.75) is 11.9 Å². The van der Waals surface area contributed by atoms with Gasteiger partial charge in [0.2, 0.25) is 0 Å². The first-order valence-electron chi connectivity index (χ1n) is 6.88. The molecular weight excluding hydrogens is 316 g/mol. The van der Waals surface area contributed by atoms with Gasteiger partial charge in [-0.1, -0.05) is 11.8 Å². The van der Waals surface area contributed by atoms with Gasteiger partial charge in [-0.05, 0) is 19.1 Å². The summed E-state index contributed by atoms with van der Waals surface area (Å²) in [4.78, 5) is 15.9. The molecule has 0 saturated heterocycles. The smallest absolute Gasteiger partial charge is 0.316 e. The van der Waals surface area contributed by atoms with E-state index in [4.69, 9.17) is 14.2 Å². The summed E-state index contributed by atoms with van der Waals surface area (Å²) in [5.74, 6) is 0.890. The minimum Gasteiger partial charge on any atom is -0.493 e. The number of nitrogens with zero attached hydrogens (tertiary/aromatic N) is 2. The van der Waals surface area contributed by atoms with Crippen molar-refractivity contribution in [1.29, 1.82) is 5.26 Å². The summed E-state index contributed by atoms with van der Waals surface area (Å²) in [6.07, 6.45) is 0. The topological polar surface area (TPSA) is 81.4 Å². The molecule has 23 heavy (non-hydrogen) atoms. The van der Waals surface area contributed by atoms with Crippen LogP contribution in [-0.2, 0) is 9.53 Å². The van der Waals surface area contributed by atoms with Gasteiger partial charge in [0.05, 0.1) is 37.7 Å². The molecule has 120 valence electrons. The fourth-order valence-electron chi connectivity index (χ4n) is 2.00. The van der Waals surface area contributed by atoms with Gasteiger partial charge < -0.3 is 14.2 Å². The Morgan fingerprint density at radius 1 is 1.26 bits per heavy atom. The second-order valence-electron chi connectivity index (χ2n) is 4.45. The number of carbonyl (C=O) groups excluding carboxylic acids is 1. The van der Waals surface area contributed by atoms with Crippen molar-refractivity contribution in [2.24, 2.45) is 0 Å². The number of hydrogen-bond acceptors (Lipinski definition) is 7. The minimum absolute atomic E-state index is 0.105. The Bertz CT molecular complexity index is 771. The summed E-state index contributed by atoms with van der Waals surface area (Å²) >= 11 is 1.18. The van der Waals surface area contributed by atoms with Crippen LogP contribution in [0, 0.1) is 11.3 Å². The first-order valence-corrected chi connectivity index (χ1v) is 7.86. The van der Waals surface area contributed by atoms with E-state index < -0.39 is 0 Å². The van der Waals surface area contributed by atoms with Crippen LogP contribution in [0.1, 0.15) is 12.5 Å². The second-order valence-corrected chi connectivity index (χ2v) is 5.41. The first kappa shape index (κ1) is 16.9. The average molecular weight is 332 g/mol. The molecule has 0 radical (unpaired) electrons. The molecule has 0 saturated carbocycles. The lowest BCUT2D eigenvalue weighted by molar-refractivity contribution is -0.139. The molecule has 2 aromatic rings. The number of ether oxygens (including phenoxy) is 3. The Hall–Kier alpha value is -2.46. The third kappa shape index (κ3) is 3.85. The molecule has 0 aliphatic heterocycles. The molecule has 6 nitrogen and oxygen atoms in total. The lowest BCUT2D eigenvalue weighted by Gasteiger charge is -2.10. The van der Waals surface area contributed by atoms with Crippen molar-refractivity contribution in [3.63, 3.8) is 0 Å². The van der Waals surface area contributed by atoms with Crippen LogP contribution in [0.3, 0.4) is 0 Å². The molecular formula is C16H16N2O4S. The number of thioether (sulfide) groups is 1. The summed E-state index contributed by atoms with van der Waals surface area (Å²) in [6, 6.07) is 7.33. The zero-order valence-corrected chi connectivity index (χ0v) is 13.9. The van der Waals surface area contributed by atoms with Gasteiger partial charge in [-0.2, -0.15) is 5.26 Å². The molecule has 0 aliphatic carbocycles. The highest BCUT2D eigenvalue weighted by Gasteiger charge is 2.13. The number of carbonyl (C=O) groups is 1. The fourth-order valence-corrected chi connectivity index (χ4v) is 2.76. The standard InChI is InChI=1S/C16H16N2O4S/c1-4-22-15(19)9-23-16-11(8-17)5-10-6-13(20-2)14(21-3)7-12(10)18-16/h5-7H,4,9H2,1-3H3. The number of benzene rings is 1. The monoisotopic (exact) mass is 332 g/mol. The third-order valence-electron chi connectivity index (χ3n) is 3.04. The van der Waals surface area contributed by atoms with E-state index in [0.717, 1.165) is 5.39 Å². The zero-order valence-electron chi connectivity index (χ0n) is 13.1. The van der Waals surface area contributed by atoms with Crippen LogP contribution < -0.4 is 9.47 Å². The van der Waals surface area contributed by atoms with Crippen LogP contribution in [0.15, 0.2) is 23.2 Å². The normalized spacial score (nSPS) is 10.2. The van der Waals surface area contributed by atoms with Gasteiger partial charge in [-0.3, -0.25) is 4.79 Å². The van der Waals surface area contributed by atoms with E-state index in [1.165, 1.54) is 11.8 Å². The highest BCUT2D eigenvalue weighted by Crippen LogP contribution is 2.33. The van der Waals surface area contributed by atoms with Gasteiger partial charge in [0.15, 0.2) is 11.5 Å². The van der Waals surface area contributed by atoms with Crippen molar-refractivity contribution in [3.05, 3.63) is 23.8 Å². The largest absolute Gasteiger partial charge is 0.493 e. The minimum atomic E-state index is -0.337. The van der Waals surface area contributed by atoms with Gasteiger partial charge in [-0.15, -0.1) is 0 Å². The summed E-state index contributed by atoms with van der Waals surface area (Å²) in [6.45, 7) is 2.07. The number of methoxy groups -OCH3 is 2. The van der Waals surface area contributed by atoms with Crippen molar-refractivity contribution in [1.82, 2.24) is 4.98 Å². The van der Waals surface area contributed by atoms with E-state index in [0.29, 0.717) is 34.2 Å². The molecule has 7 heteroatoms. The van der Waals surface area contributed by atoms with Crippen LogP contribution in [0.5, 0.6) is 11.5 Å². The lowest BCUT2D eigenvalue weighted by atomic mass is 10.1. The molecule has 0 aliphatic rings. The van der Waals surface area contributed by atoms with Gasteiger partial charge in [0.25, 0.3) is 0 Å². The number of aromatic nitrogens is 1. The number of rotatable bonds is 6. The molecule has 0 unspecified atom stereocenters. The van der Waals surface area contributed by atoms with Crippen molar-refractivity contribution < 1.29 is 19.0 Å². The second kappa shape index (κ2) is 7.70. The summed E-state index contributed by atoms with van der Waals surface area (Å²) in [5, 5.41) is 10.5. The number of nitriles is 1. The van der Waals surface area contributed by atoms with Crippen molar-refractivity contribution >= 4 is 28.6 Å². The van der Waals surface area contributed by atoms with Crippen LogP contribution in [0.25, 0.3) is 10.9 Å². The summed E-state index contributed by atoms with van der Waals surface area (Å²) in [7, 11) is 3.09. The van der Waals surface area contributed by atoms with E-state index in [2.05, 4.69) is 11.1 Å². The predicted octanol–water partition coefficient (Wildman–Crippen LogP) is 2.78. The molecule has 1 aromatic carbocycles. The van der Waals surface area contributed by atoms with Crippen LogP contribution in [0.4, 0.5) is 0 Å². The molecule has 0 spiro atoms. The maximum atomic E-state index is 11.5. The lowest BCUT2D eigenvalue weighted by Crippen LogP contribution is -2.07.